The van der Waals surface area contributed by atoms with Crippen LogP contribution in [0, 0.1) is 35.5 Å². The SMILES string of the molecule is CCCCC#Cc1ccc2ccccc2[n+]1CCC#CCC[n+]1c(C#CCCCC)ccc2ccccc21. The molecule has 0 spiro atoms. The van der Waals surface area contributed by atoms with Gasteiger partial charge in [0.15, 0.2) is 13.1 Å². The molecule has 2 aromatic carbocycles. The molecule has 0 aliphatic heterocycles. The van der Waals surface area contributed by atoms with Gasteiger partial charge in [0.05, 0.1) is 12.8 Å². The number of hydrogen-bond acceptors (Lipinski definition) is 0. The van der Waals surface area contributed by atoms with Crippen LogP contribution in [-0.4, -0.2) is 0 Å². The van der Waals surface area contributed by atoms with Gasteiger partial charge in [-0.25, -0.2) is 0 Å². The van der Waals surface area contributed by atoms with Crippen molar-refractivity contribution >= 4 is 21.8 Å². The van der Waals surface area contributed by atoms with Crippen molar-refractivity contribution in [3.63, 3.8) is 0 Å². The molecule has 190 valence electrons. The zero-order valence-electron chi connectivity index (χ0n) is 22.9. The van der Waals surface area contributed by atoms with Crippen molar-refractivity contribution < 1.29 is 9.13 Å². The van der Waals surface area contributed by atoms with Gasteiger partial charge in [-0.3, -0.25) is 0 Å². The Morgan fingerprint density at radius 3 is 1.39 bits per heavy atom. The standard InChI is InChI=1S/C36H38N2/c1-3-5-7-11-21-33-27-25-31-19-13-15-23-35(31)37(33)29-17-9-10-18-30-38-34(22-12-8-6-4-2)28-26-32-20-14-16-24-36(32)38/h13-16,19-20,23-28H,3-8,17-18,29-30H2,1-2H3/q+2. The van der Waals surface area contributed by atoms with Crippen molar-refractivity contribution in [2.75, 3.05) is 0 Å². The Hall–Kier alpha value is -4.06. The first kappa shape index (κ1) is 27.0. The van der Waals surface area contributed by atoms with Crippen LogP contribution in [0.15, 0.2) is 72.8 Å². The molecule has 0 bridgehead atoms. The maximum Gasteiger partial charge on any atom is 0.257 e. The summed E-state index contributed by atoms with van der Waals surface area (Å²) in [6.07, 6.45) is 8.12. The summed E-state index contributed by atoms with van der Waals surface area (Å²) in [4.78, 5) is 0. The highest BCUT2D eigenvalue weighted by atomic mass is 15.0. The predicted molar refractivity (Wildman–Crippen MR) is 158 cm³/mol. The lowest BCUT2D eigenvalue weighted by atomic mass is 10.1. The minimum Gasteiger partial charge on any atom is -0.183 e. The second-order valence-corrected chi connectivity index (χ2v) is 9.52. The fourth-order valence-corrected chi connectivity index (χ4v) is 4.57. The van der Waals surface area contributed by atoms with E-state index in [1.165, 1.54) is 34.6 Å². The minimum absolute atomic E-state index is 0.798. The summed E-state index contributed by atoms with van der Waals surface area (Å²) >= 11 is 0. The third-order valence-electron chi connectivity index (χ3n) is 6.67. The fourth-order valence-electron chi connectivity index (χ4n) is 4.57. The van der Waals surface area contributed by atoms with Crippen molar-refractivity contribution in [2.24, 2.45) is 0 Å². The molecule has 2 aromatic heterocycles. The summed E-state index contributed by atoms with van der Waals surface area (Å²) in [5.74, 6) is 20.4. The van der Waals surface area contributed by atoms with Crippen LogP contribution >= 0.6 is 0 Å². The number of aromatic nitrogens is 2. The van der Waals surface area contributed by atoms with E-state index in [0.717, 1.165) is 63.0 Å². The summed E-state index contributed by atoms with van der Waals surface area (Å²) in [5, 5.41) is 2.47. The number of benzene rings is 2. The first-order chi connectivity index (χ1) is 18.8. The molecule has 38 heavy (non-hydrogen) atoms. The highest BCUT2D eigenvalue weighted by Gasteiger charge is 2.14. The Morgan fingerprint density at radius 2 is 0.947 bits per heavy atom. The molecule has 0 N–H and O–H groups in total. The highest BCUT2D eigenvalue weighted by Crippen LogP contribution is 2.12. The summed E-state index contributed by atoms with van der Waals surface area (Å²) in [6, 6.07) is 25.7. The van der Waals surface area contributed by atoms with Crippen molar-refractivity contribution in [1.29, 1.82) is 0 Å². The Kier molecular flexibility index (Phi) is 10.4. The minimum atomic E-state index is 0.798. The number of unbranched alkanes of at least 4 members (excludes halogenated alkanes) is 4. The number of fused-ring (bicyclic) bond motifs is 2. The second kappa shape index (κ2) is 14.6. The molecule has 4 aromatic rings. The third kappa shape index (κ3) is 7.25. The average molecular weight is 499 g/mol. The molecular formula is C36H38N2+2. The zero-order chi connectivity index (χ0) is 26.4. The van der Waals surface area contributed by atoms with E-state index in [0.29, 0.717) is 0 Å². The second-order valence-electron chi connectivity index (χ2n) is 9.52. The number of pyridine rings is 2. The molecular weight excluding hydrogens is 460 g/mol. The van der Waals surface area contributed by atoms with Crippen LogP contribution < -0.4 is 9.13 Å². The maximum atomic E-state index is 3.43. The number of para-hydroxylation sites is 2. The summed E-state index contributed by atoms with van der Waals surface area (Å²) in [7, 11) is 0. The quantitative estimate of drug-likeness (QED) is 0.139. The Bertz CT molecular complexity index is 1440. The number of hydrogen-bond donors (Lipinski definition) is 0. The average Bonchev–Trinajstić information content (AvgIpc) is 2.96. The van der Waals surface area contributed by atoms with E-state index in [-0.39, 0.29) is 0 Å². The van der Waals surface area contributed by atoms with E-state index in [2.05, 4.69) is 131 Å². The van der Waals surface area contributed by atoms with Gasteiger partial charge in [-0.15, -0.1) is 0 Å². The van der Waals surface area contributed by atoms with Crippen LogP contribution in [0.3, 0.4) is 0 Å². The molecule has 0 atom stereocenters. The molecule has 0 fully saturated rings. The van der Waals surface area contributed by atoms with Gasteiger partial charge < -0.3 is 0 Å². The largest absolute Gasteiger partial charge is 0.257 e. The summed E-state index contributed by atoms with van der Waals surface area (Å²) < 4.78 is 4.65. The number of nitrogens with zero attached hydrogens (tertiary/aromatic N) is 2. The van der Waals surface area contributed by atoms with E-state index >= 15 is 0 Å². The molecule has 2 nitrogen and oxygen atoms in total. The van der Waals surface area contributed by atoms with Crippen molar-refractivity contribution in [3.8, 4) is 35.5 Å². The van der Waals surface area contributed by atoms with Crippen LogP contribution in [0.4, 0.5) is 0 Å². The molecule has 4 rings (SSSR count). The van der Waals surface area contributed by atoms with E-state index in [9.17, 15) is 0 Å². The van der Waals surface area contributed by atoms with E-state index in [1.807, 2.05) is 0 Å². The normalized spacial score (nSPS) is 10.3. The van der Waals surface area contributed by atoms with Crippen LogP contribution in [0.25, 0.3) is 21.8 Å². The first-order valence-electron chi connectivity index (χ1n) is 14.1. The number of aryl methyl sites for hydroxylation is 2. The summed E-state index contributed by atoms with van der Waals surface area (Å²) in [6.45, 7) is 6.08. The van der Waals surface area contributed by atoms with Gasteiger partial charge >= 0.3 is 0 Å². The molecule has 2 heteroatoms. The monoisotopic (exact) mass is 498 g/mol. The predicted octanol–water partition coefficient (Wildman–Crippen LogP) is 7.14. The van der Waals surface area contributed by atoms with Gasteiger partial charge in [0.1, 0.15) is 0 Å². The molecule has 0 unspecified atom stereocenters. The number of rotatable bonds is 8. The van der Waals surface area contributed by atoms with E-state index in [4.69, 9.17) is 0 Å². The van der Waals surface area contributed by atoms with E-state index < -0.39 is 0 Å². The van der Waals surface area contributed by atoms with Gasteiger partial charge in [0.2, 0.25) is 11.0 Å². The molecule has 0 saturated carbocycles. The Balaban J connectivity index is 1.48. The smallest absolute Gasteiger partial charge is 0.183 e. The van der Waals surface area contributed by atoms with Gasteiger partial charge in [0.25, 0.3) is 11.4 Å². The van der Waals surface area contributed by atoms with E-state index in [1.54, 1.807) is 0 Å². The lowest BCUT2D eigenvalue weighted by molar-refractivity contribution is -0.673. The summed E-state index contributed by atoms with van der Waals surface area (Å²) in [5.41, 5.74) is 4.57. The lowest BCUT2D eigenvalue weighted by Gasteiger charge is -2.03. The molecule has 2 heterocycles. The van der Waals surface area contributed by atoms with Crippen LogP contribution in [0.5, 0.6) is 0 Å². The topological polar surface area (TPSA) is 7.76 Å². The Labute approximate surface area is 228 Å². The molecule has 0 saturated heterocycles. The first-order valence-corrected chi connectivity index (χ1v) is 14.1. The van der Waals surface area contributed by atoms with Gasteiger partial charge in [-0.05, 0) is 37.1 Å². The van der Waals surface area contributed by atoms with Crippen molar-refractivity contribution in [3.05, 3.63) is 84.2 Å². The van der Waals surface area contributed by atoms with Crippen LogP contribution in [-0.2, 0) is 13.1 Å². The molecule has 0 aliphatic rings. The Morgan fingerprint density at radius 1 is 0.500 bits per heavy atom. The maximum absolute atomic E-state index is 3.43. The molecule has 0 radical (unpaired) electrons. The highest BCUT2D eigenvalue weighted by molar-refractivity contribution is 5.76. The molecule has 0 amide bonds. The lowest BCUT2D eigenvalue weighted by Crippen LogP contribution is -2.38. The van der Waals surface area contributed by atoms with Gasteiger partial charge in [-0.2, -0.15) is 9.13 Å². The fraction of sp³-hybridized carbons (Fsp3) is 0.333. The van der Waals surface area contributed by atoms with Crippen LogP contribution in [0.1, 0.15) is 76.6 Å². The van der Waals surface area contributed by atoms with Gasteiger partial charge in [0, 0.05) is 59.7 Å². The van der Waals surface area contributed by atoms with Crippen molar-refractivity contribution in [2.45, 2.75) is 78.3 Å². The van der Waals surface area contributed by atoms with Crippen molar-refractivity contribution in [1.82, 2.24) is 0 Å². The van der Waals surface area contributed by atoms with Gasteiger partial charge in [-0.1, -0.05) is 74.6 Å². The van der Waals surface area contributed by atoms with Crippen LogP contribution in [0.2, 0.25) is 0 Å². The molecule has 0 aliphatic carbocycles. The third-order valence-corrected chi connectivity index (χ3v) is 6.67. The zero-order valence-corrected chi connectivity index (χ0v) is 22.9.